The van der Waals surface area contributed by atoms with Gasteiger partial charge in [0.05, 0.1) is 23.8 Å². The fourth-order valence-corrected chi connectivity index (χ4v) is 4.74. The maximum Gasteiger partial charge on any atom is 0.416 e. The van der Waals surface area contributed by atoms with Gasteiger partial charge < -0.3 is 36.0 Å². The van der Waals surface area contributed by atoms with Crippen LogP contribution in [0.3, 0.4) is 0 Å². The number of carbonyl (C=O) groups excluding carboxylic acids is 2. The Bertz CT molecular complexity index is 1030. The molecular formula is C24H33F6N5O6. The van der Waals surface area contributed by atoms with Crippen LogP contribution in [-0.2, 0) is 17.1 Å². The average Bonchev–Trinajstić information content (AvgIpc) is 2.85. The van der Waals surface area contributed by atoms with Gasteiger partial charge in [0.1, 0.15) is 18.3 Å². The minimum Gasteiger partial charge on any atom is -0.394 e. The number of nitrogens with one attached hydrogen (secondary N) is 2. The molecule has 1 aromatic rings. The number of anilines is 1. The predicted octanol–water partition coefficient (Wildman–Crippen LogP) is 0.138. The number of hydrogen-bond acceptors (Lipinski definition) is 8. The first kappa shape index (κ1) is 32.8. The van der Waals surface area contributed by atoms with Crippen molar-refractivity contribution in [2.45, 2.75) is 49.7 Å². The van der Waals surface area contributed by atoms with Gasteiger partial charge in [0, 0.05) is 64.5 Å². The van der Waals surface area contributed by atoms with Crippen molar-refractivity contribution in [3.63, 3.8) is 0 Å². The van der Waals surface area contributed by atoms with Gasteiger partial charge in [0.25, 0.3) is 0 Å². The standard InChI is InChI=1S/C24H33F6N5O6/c1-13(37)31-18(20(39)21(40)19(38)12-36)11-33-2-4-34(5-3-33)17-9-35(10-17)22(41)32-16-7-14(23(25,26)27)6-15(8-16)24(28,29)30/h6-8,17-21,36,38-40H,2-5,9-12H2,1H3,(H,31,37)(H,32,41)/t18-,19+,20+,21-/m0/s1. The van der Waals surface area contributed by atoms with Gasteiger partial charge >= 0.3 is 18.4 Å². The molecule has 0 spiro atoms. The summed E-state index contributed by atoms with van der Waals surface area (Å²) in [6.07, 6.45) is -14.9. The summed E-state index contributed by atoms with van der Waals surface area (Å²) in [6.45, 7) is 3.00. The van der Waals surface area contributed by atoms with Gasteiger partial charge in [0.15, 0.2) is 0 Å². The minimum absolute atomic E-state index is 0.0192. The Morgan fingerprint density at radius 1 is 0.927 bits per heavy atom. The van der Waals surface area contributed by atoms with Crippen LogP contribution in [0.15, 0.2) is 18.2 Å². The van der Waals surface area contributed by atoms with Crippen LogP contribution in [0.5, 0.6) is 0 Å². The van der Waals surface area contributed by atoms with Gasteiger partial charge in [-0.3, -0.25) is 14.6 Å². The number of piperazine rings is 1. The number of aliphatic hydroxyl groups is 4. The molecule has 4 atom stereocenters. The summed E-state index contributed by atoms with van der Waals surface area (Å²) in [5, 5.41) is 43.8. The van der Waals surface area contributed by atoms with Gasteiger partial charge in [-0.25, -0.2) is 4.79 Å². The van der Waals surface area contributed by atoms with E-state index in [1.165, 1.54) is 11.8 Å². The van der Waals surface area contributed by atoms with Gasteiger partial charge in [-0.2, -0.15) is 26.3 Å². The summed E-state index contributed by atoms with van der Waals surface area (Å²) in [5.74, 6) is -0.467. The maximum atomic E-state index is 13.1. The Labute approximate surface area is 231 Å². The molecule has 0 aliphatic carbocycles. The minimum atomic E-state index is -5.04. The molecule has 3 amide bonds. The zero-order chi connectivity index (χ0) is 30.7. The van der Waals surface area contributed by atoms with Crippen molar-refractivity contribution in [3.8, 4) is 0 Å². The molecule has 2 saturated heterocycles. The SMILES string of the molecule is CC(=O)N[C@@H](CN1CCN(C2CN(C(=O)Nc3cc(C(F)(F)F)cc(C(F)(F)F)c3)C2)CC1)[C@@H](O)[C@@H](O)[C@H](O)CO. The molecule has 2 heterocycles. The molecule has 232 valence electrons. The smallest absolute Gasteiger partial charge is 0.394 e. The first-order chi connectivity index (χ1) is 19.0. The molecule has 0 aromatic heterocycles. The number of amides is 3. The summed E-state index contributed by atoms with van der Waals surface area (Å²) in [6, 6.07) is -0.992. The van der Waals surface area contributed by atoms with E-state index in [1.54, 1.807) is 0 Å². The highest BCUT2D eigenvalue weighted by Gasteiger charge is 2.40. The third-order valence-corrected chi connectivity index (χ3v) is 7.10. The van der Waals surface area contributed by atoms with Crippen LogP contribution < -0.4 is 10.6 Å². The lowest BCUT2D eigenvalue weighted by molar-refractivity contribution is -0.143. The molecule has 3 rings (SSSR count). The van der Waals surface area contributed by atoms with E-state index in [0.29, 0.717) is 38.3 Å². The zero-order valence-electron chi connectivity index (χ0n) is 22.0. The molecule has 0 saturated carbocycles. The highest BCUT2D eigenvalue weighted by molar-refractivity contribution is 5.90. The second-order valence-electron chi connectivity index (χ2n) is 10.2. The second-order valence-corrected chi connectivity index (χ2v) is 10.2. The Hall–Kier alpha value is -2.70. The Balaban J connectivity index is 1.52. The van der Waals surface area contributed by atoms with E-state index in [9.17, 15) is 51.3 Å². The van der Waals surface area contributed by atoms with Crippen LogP contribution in [0.1, 0.15) is 18.1 Å². The normalized spacial score (nSPS) is 20.6. The topological polar surface area (TPSA) is 149 Å². The van der Waals surface area contributed by atoms with E-state index in [1.807, 2.05) is 4.90 Å². The fourth-order valence-electron chi connectivity index (χ4n) is 4.74. The third kappa shape index (κ3) is 8.65. The average molecular weight is 602 g/mol. The molecule has 0 bridgehead atoms. The Morgan fingerprint density at radius 2 is 1.46 bits per heavy atom. The maximum absolute atomic E-state index is 13.1. The zero-order valence-corrected chi connectivity index (χ0v) is 22.0. The molecule has 2 aliphatic rings. The first-order valence-electron chi connectivity index (χ1n) is 12.7. The Kier molecular flexibility index (Phi) is 10.5. The number of urea groups is 1. The summed E-state index contributed by atoms with van der Waals surface area (Å²) in [4.78, 5) is 29.3. The van der Waals surface area contributed by atoms with Gasteiger partial charge in [-0.1, -0.05) is 0 Å². The molecule has 0 radical (unpaired) electrons. The number of benzene rings is 1. The number of carbonyl (C=O) groups is 2. The monoisotopic (exact) mass is 601 g/mol. The van der Waals surface area contributed by atoms with E-state index >= 15 is 0 Å². The van der Waals surface area contributed by atoms with Gasteiger partial charge in [0.2, 0.25) is 5.91 Å². The van der Waals surface area contributed by atoms with Gasteiger partial charge in [-0.15, -0.1) is 0 Å². The van der Waals surface area contributed by atoms with Crippen LogP contribution in [0.4, 0.5) is 36.8 Å². The Morgan fingerprint density at radius 3 is 1.93 bits per heavy atom. The van der Waals surface area contributed by atoms with Crippen molar-refractivity contribution >= 4 is 17.6 Å². The number of nitrogens with zero attached hydrogens (tertiary/aromatic N) is 3. The van der Waals surface area contributed by atoms with E-state index in [4.69, 9.17) is 5.11 Å². The number of likely N-dealkylation sites (tertiary alicyclic amines) is 1. The van der Waals surface area contributed by atoms with Crippen LogP contribution >= 0.6 is 0 Å². The molecule has 2 fully saturated rings. The van der Waals surface area contributed by atoms with Crippen LogP contribution in [0.25, 0.3) is 0 Å². The van der Waals surface area contributed by atoms with E-state index < -0.39 is 72.1 Å². The summed E-state index contributed by atoms with van der Waals surface area (Å²) in [7, 11) is 0. The molecule has 0 unspecified atom stereocenters. The molecule has 1 aromatic carbocycles. The summed E-state index contributed by atoms with van der Waals surface area (Å²) < 4.78 is 78.5. The number of rotatable bonds is 9. The van der Waals surface area contributed by atoms with E-state index in [0.717, 1.165) is 0 Å². The van der Waals surface area contributed by atoms with Gasteiger partial charge in [-0.05, 0) is 18.2 Å². The van der Waals surface area contributed by atoms with E-state index in [-0.39, 0.29) is 31.7 Å². The van der Waals surface area contributed by atoms with Crippen molar-refractivity contribution < 1.29 is 56.4 Å². The molecule has 6 N–H and O–H groups in total. The lowest BCUT2D eigenvalue weighted by atomic mass is 10.00. The third-order valence-electron chi connectivity index (χ3n) is 7.10. The molecule has 17 heteroatoms. The molecular weight excluding hydrogens is 568 g/mol. The van der Waals surface area contributed by atoms with Crippen molar-refractivity contribution in [1.82, 2.24) is 20.0 Å². The number of aliphatic hydroxyl groups excluding tert-OH is 4. The largest absolute Gasteiger partial charge is 0.416 e. The lowest BCUT2D eigenvalue weighted by Gasteiger charge is -2.48. The van der Waals surface area contributed by atoms with Crippen LogP contribution in [0, 0.1) is 0 Å². The van der Waals surface area contributed by atoms with E-state index in [2.05, 4.69) is 15.5 Å². The first-order valence-corrected chi connectivity index (χ1v) is 12.7. The molecule has 41 heavy (non-hydrogen) atoms. The van der Waals surface area contributed by atoms with Crippen molar-refractivity contribution in [3.05, 3.63) is 29.3 Å². The molecule has 11 nitrogen and oxygen atoms in total. The van der Waals surface area contributed by atoms with Crippen molar-refractivity contribution in [2.75, 3.05) is 57.7 Å². The van der Waals surface area contributed by atoms with Crippen LogP contribution in [-0.4, -0.2) is 130 Å². The summed E-state index contributed by atoms with van der Waals surface area (Å²) in [5.41, 5.74) is -3.69. The highest BCUT2D eigenvalue weighted by atomic mass is 19.4. The van der Waals surface area contributed by atoms with Crippen molar-refractivity contribution in [2.24, 2.45) is 0 Å². The predicted molar refractivity (Wildman–Crippen MR) is 132 cm³/mol. The van der Waals surface area contributed by atoms with Crippen LogP contribution in [0.2, 0.25) is 0 Å². The number of alkyl halides is 6. The number of halogens is 6. The quantitative estimate of drug-likeness (QED) is 0.219. The lowest BCUT2D eigenvalue weighted by Crippen LogP contribution is -2.65. The second kappa shape index (κ2) is 13.1. The number of hydrogen-bond donors (Lipinski definition) is 6. The molecule has 2 aliphatic heterocycles. The highest BCUT2D eigenvalue weighted by Crippen LogP contribution is 2.37. The fraction of sp³-hybridized carbons (Fsp3) is 0.667. The van der Waals surface area contributed by atoms with Crippen molar-refractivity contribution in [1.29, 1.82) is 0 Å². The summed E-state index contributed by atoms with van der Waals surface area (Å²) >= 11 is 0.